The van der Waals surface area contributed by atoms with Crippen LogP contribution in [0, 0.1) is 6.92 Å². The minimum Gasteiger partial charge on any atom is -0.494 e. The molecule has 0 aliphatic heterocycles. The summed E-state index contributed by atoms with van der Waals surface area (Å²) in [7, 11) is 0. The molecule has 1 heterocycles. The van der Waals surface area contributed by atoms with Gasteiger partial charge in [0.25, 0.3) is 0 Å². The van der Waals surface area contributed by atoms with Crippen molar-refractivity contribution in [2.75, 3.05) is 17.2 Å². The highest BCUT2D eigenvalue weighted by atomic mass is 16.5. The van der Waals surface area contributed by atoms with E-state index >= 15 is 0 Å². The Bertz CT molecular complexity index is 692. The zero-order valence-corrected chi connectivity index (χ0v) is 13.4. The number of aromatic nitrogens is 1. The average Bonchev–Trinajstić information content (AvgIpc) is 3.31. The third-order valence-electron chi connectivity index (χ3n) is 3.64. The first-order valence-electron chi connectivity index (χ1n) is 7.94. The number of aryl methyl sites for hydroxylation is 1. The molecule has 1 fully saturated rings. The minimum absolute atomic E-state index is 0.314. The van der Waals surface area contributed by atoms with Crippen molar-refractivity contribution in [1.82, 2.24) is 5.16 Å². The molecule has 2 aromatic rings. The van der Waals surface area contributed by atoms with E-state index in [-0.39, 0.29) is 6.03 Å². The molecule has 0 saturated heterocycles. The lowest BCUT2D eigenvalue weighted by Gasteiger charge is -2.10. The molecule has 3 rings (SSSR count). The first-order chi connectivity index (χ1) is 11.2. The number of nitrogens with one attached hydrogen (secondary N) is 2. The average molecular weight is 315 g/mol. The van der Waals surface area contributed by atoms with Gasteiger partial charge in [-0.3, -0.25) is 0 Å². The topological polar surface area (TPSA) is 76.4 Å². The minimum atomic E-state index is -0.314. The predicted molar refractivity (Wildman–Crippen MR) is 88.1 cm³/mol. The fourth-order valence-corrected chi connectivity index (χ4v) is 2.32. The maximum absolute atomic E-state index is 12.2. The number of carbonyl (C=O) groups excluding carboxylic acids is 1. The van der Waals surface area contributed by atoms with Crippen LogP contribution in [0.5, 0.6) is 5.75 Å². The van der Waals surface area contributed by atoms with Crippen LogP contribution < -0.4 is 15.4 Å². The summed E-state index contributed by atoms with van der Waals surface area (Å²) in [5, 5.41) is 9.60. The van der Waals surface area contributed by atoms with Crippen LogP contribution in [0.1, 0.15) is 43.6 Å². The fourth-order valence-electron chi connectivity index (χ4n) is 2.32. The van der Waals surface area contributed by atoms with E-state index in [1.807, 2.05) is 32.0 Å². The lowest BCUT2D eigenvalue weighted by atomic mass is 10.2. The third-order valence-corrected chi connectivity index (χ3v) is 3.64. The number of urea groups is 1. The number of amides is 2. The quantitative estimate of drug-likeness (QED) is 0.833. The van der Waals surface area contributed by atoms with Gasteiger partial charge >= 0.3 is 6.03 Å². The molecule has 0 spiro atoms. The van der Waals surface area contributed by atoms with Crippen LogP contribution in [0.15, 0.2) is 28.8 Å². The molecule has 0 bridgehead atoms. The molecule has 6 heteroatoms. The van der Waals surface area contributed by atoms with Gasteiger partial charge in [0.05, 0.1) is 6.61 Å². The number of anilines is 2. The van der Waals surface area contributed by atoms with Gasteiger partial charge in [0.1, 0.15) is 17.1 Å². The van der Waals surface area contributed by atoms with Crippen molar-refractivity contribution in [3.63, 3.8) is 0 Å². The summed E-state index contributed by atoms with van der Waals surface area (Å²) < 4.78 is 10.9. The summed E-state index contributed by atoms with van der Waals surface area (Å²) in [6, 6.07) is 7.03. The van der Waals surface area contributed by atoms with Crippen molar-refractivity contribution < 1.29 is 14.1 Å². The number of ether oxygens (including phenoxy) is 1. The van der Waals surface area contributed by atoms with E-state index in [1.54, 1.807) is 6.07 Å². The molecule has 0 radical (unpaired) electrons. The summed E-state index contributed by atoms with van der Waals surface area (Å²) >= 11 is 0. The number of carbonyl (C=O) groups is 1. The number of hydrogen-bond acceptors (Lipinski definition) is 4. The van der Waals surface area contributed by atoms with Crippen molar-refractivity contribution in [2.45, 2.75) is 39.0 Å². The second kappa shape index (κ2) is 6.73. The van der Waals surface area contributed by atoms with E-state index in [0.717, 1.165) is 30.8 Å². The SMILES string of the molecule is CCCOc1cccc(NC(=O)Nc2c(C)noc2C2CC2)c1. The smallest absolute Gasteiger partial charge is 0.323 e. The number of hydrogen-bond donors (Lipinski definition) is 2. The van der Waals surface area contributed by atoms with Crippen LogP contribution in [0.3, 0.4) is 0 Å². The maximum Gasteiger partial charge on any atom is 0.323 e. The molecule has 2 N–H and O–H groups in total. The molecule has 122 valence electrons. The lowest BCUT2D eigenvalue weighted by Crippen LogP contribution is -2.20. The molecule has 1 aliphatic rings. The van der Waals surface area contributed by atoms with Gasteiger partial charge in [-0.2, -0.15) is 0 Å². The van der Waals surface area contributed by atoms with Gasteiger partial charge in [-0.1, -0.05) is 18.1 Å². The van der Waals surface area contributed by atoms with Gasteiger partial charge in [-0.05, 0) is 38.3 Å². The van der Waals surface area contributed by atoms with E-state index in [9.17, 15) is 4.79 Å². The van der Waals surface area contributed by atoms with Gasteiger partial charge in [0.2, 0.25) is 0 Å². The zero-order valence-electron chi connectivity index (χ0n) is 13.4. The van der Waals surface area contributed by atoms with E-state index in [1.165, 1.54) is 0 Å². The number of rotatable bonds is 6. The first kappa shape index (κ1) is 15.4. The second-order valence-electron chi connectivity index (χ2n) is 5.74. The molecule has 1 saturated carbocycles. The van der Waals surface area contributed by atoms with E-state index < -0.39 is 0 Å². The molecule has 6 nitrogen and oxygen atoms in total. The molecule has 1 aromatic carbocycles. The highest BCUT2D eigenvalue weighted by molar-refractivity contribution is 6.00. The Kier molecular flexibility index (Phi) is 4.50. The molecule has 2 amide bonds. The number of nitrogens with zero attached hydrogens (tertiary/aromatic N) is 1. The standard InChI is InChI=1S/C17H21N3O3/c1-3-9-22-14-6-4-5-13(10-14)18-17(21)19-15-11(2)20-23-16(15)12-7-8-12/h4-6,10,12H,3,7-9H2,1-2H3,(H2,18,19,21). The summed E-state index contributed by atoms with van der Waals surface area (Å²) in [6.07, 6.45) is 3.11. The zero-order chi connectivity index (χ0) is 16.2. The summed E-state index contributed by atoms with van der Waals surface area (Å²) in [4.78, 5) is 12.2. The Hall–Kier alpha value is -2.50. The summed E-state index contributed by atoms with van der Waals surface area (Å²) in [5.41, 5.74) is 2.06. The first-order valence-corrected chi connectivity index (χ1v) is 7.94. The van der Waals surface area contributed by atoms with Crippen molar-refractivity contribution in [3.05, 3.63) is 35.7 Å². The molecule has 0 unspecified atom stereocenters. The van der Waals surface area contributed by atoms with Crippen LogP contribution in [-0.4, -0.2) is 17.8 Å². The highest BCUT2D eigenvalue weighted by Gasteiger charge is 2.32. The lowest BCUT2D eigenvalue weighted by molar-refractivity contribution is 0.262. The van der Waals surface area contributed by atoms with Crippen molar-refractivity contribution in [2.24, 2.45) is 0 Å². The molecule has 23 heavy (non-hydrogen) atoms. The molecule has 1 aliphatic carbocycles. The normalized spacial score (nSPS) is 13.7. The van der Waals surface area contributed by atoms with Crippen molar-refractivity contribution in [1.29, 1.82) is 0 Å². The fraction of sp³-hybridized carbons (Fsp3) is 0.412. The third kappa shape index (κ3) is 3.83. The molecule has 1 aromatic heterocycles. The van der Waals surface area contributed by atoms with Crippen LogP contribution in [-0.2, 0) is 0 Å². The van der Waals surface area contributed by atoms with Gasteiger partial charge in [0, 0.05) is 17.7 Å². The van der Waals surface area contributed by atoms with Gasteiger partial charge in [-0.15, -0.1) is 0 Å². The van der Waals surface area contributed by atoms with Gasteiger partial charge < -0.3 is 19.9 Å². The van der Waals surface area contributed by atoms with E-state index in [4.69, 9.17) is 9.26 Å². The maximum atomic E-state index is 12.2. The van der Waals surface area contributed by atoms with Gasteiger partial charge in [-0.25, -0.2) is 4.79 Å². The van der Waals surface area contributed by atoms with Crippen LogP contribution in [0.4, 0.5) is 16.2 Å². The molecular weight excluding hydrogens is 294 g/mol. The Morgan fingerprint density at radius 3 is 2.96 bits per heavy atom. The van der Waals surface area contributed by atoms with Gasteiger partial charge in [0.15, 0.2) is 5.76 Å². The highest BCUT2D eigenvalue weighted by Crippen LogP contribution is 2.44. The van der Waals surface area contributed by atoms with Crippen molar-refractivity contribution >= 4 is 17.4 Å². The summed E-state index contributed by atoms with van der Waals surface area (Å²) in [6.45, 7) is 4.53. The van der Waals surface area contributed by atoms with Crippen LogP contribution in [0.25, 0.3) is 0 Å². The van der Waals surface area contributed by atoms with Crippen molar-refractivity contribution in [3.8, 4) is 5.75 Å². The van der Waals surface area contributed by atoms with Crippen LogP contribution in [0.2, 0.25) is 0 Å². The Balaban J connectivity index is 1.64. The van der Waals surface area contributed by atoms with E-state index in [2.05, 4.69) is 15.8 Å². The van der Waals surface area contributed by atoms with Crippen LogP contribution >= 0.6 is 0 Å². The second-order valence-corrected chi connectivity index (χ2v) is 5.74. The number of benzene rings is 1. The van der Waals surface area contributed by atoms with E-state index in [0.29, 0.717) is 29.6 Å². The molecule has 0 atom stereocenters. The largest absolute Gasteiger partial charge is 0.494 e. The monoisotopic (exact) mass is 315 g/mol. The Morgan fingerprint density at radius 2 is 2.22 bits per heavy atom. The summed E-state index contributed by atoms with van der Waals surface area (Å²) in [5.74, 6) is 1.90. The molecular formula is C17H21N3O3. The Morgan fingerprint density at radius 1 is 1.39 bits per heavy atom. The predicted octanol–water partition coefficient (Wildman–Crippen LogP) is 4.29. The Labute approximate surface area is 135 Å².